The van der Waals surface area contributed by atoms with Crippen LogP contribution in [0.5, 0.6) is 17.2 Å². The molecule has 1 amide bonds. The first-order chi connectivity index (χ1) is 21.3. The van der Waals surface area contributed by atoms with Crippen LogP contribution in [-0.2, 0) is 21.8 Å². The van der Waals surface area contributed by atoms with Gasteiger partial charge in [0.15, 0.2) is 15.8 Å². The summed E-state index contributed by atoms with van der Waals surface area (Å²) in [6.45, 7) is 4.25. The quantitative estimate of drug-likeness (QED) is 0.0685. The smallest absolute Gasteiger partial charge is 0.301 e. The van der Waals surface area contributed by atoms with E-state index < -0.39 is 17.7 Å². The maximum absolute atomic E-state index is 13.7. The molecule has 0 bridgehead atoms. The molecule has 2 aliphatic heterocycles. The van der Waals surface area contributed by atoms with E-state index in [1.165, 1.54) is 35.1 Å². The standard InChI is InChI=1S/C32H28ClN3O6S2/c1-4-41-24-12-9-18(15-25(24)40-3)27-26(28(37)19-10-11-23-21(14-19)13-17(2)42-23)29(38)30(39)36(27)31-34-35-32(44-31)43-16-20-7-5-6-8-22(20)33/h5-12,14-15,17,27,37H,4,13,16H2,1-3H3/b28-26+. The Labute approximate surface area is 267 Å². The van der Waals surface area contributed by atoms with Gasteiger partial charge in [0.1, 0.15) is 17.6 Å². The van der Waals surface area contributed by atoms with Crippen molar-refractivity contribution in [3.8, 4) is 17.2 Å². The van der Waals surface area contributed by atoms with E-state index in [2.05, 4.69) is 10.2 Å². The number of amides is 1. The average molecular weight is 650 g/mol. The number of ether oxygens (including phenoxy) is 3. The summed E-state index contributed by atoms with van der Waals surface area (Å²) >= 11 is 8.92. The molecule has 6 rings (SSSR count). The molecular formula is C32H28ClN3O6S2. The molecule has 1 fully saturated rings. The van der Waals surface area contributed by atoms with Crippen LogP contribution in [0.25, 0.3) is 5.76 Å². The SMILES string of the molecule is CCOc1ccc(C2/C(=C(\O)c3ccc4c(c3)CC(C)O4)C(=O)C(=O)N2c2nnc(SCc3ccccc3Cl)s2)cc1OC. The lowest BCUT2D eigenvalue weighted by molar-refractivity contribution is -0.132. The summed E-state index contributed by atoms with van der Waals surface area (Å²) in [6, 6.07) is 16.9. The monoisotopic (exact) mass is 649 g/mol. The molecule has 0 radical (unpaired) electrons. The second-order valence-electron chi connectivity index (χ2n) is 10.2. The van der Waals surface area contributed by atoms with E-state index in [1.54, 1.807) is 36.4 Å². The topological polar surface area (TPSA) is 111 Å². The number of hydrogen-bond donors (Lipinski definition) is 1. The molecule has 1 N–H and O–H groups in total. The van der Waals surface area contributed by atoms with Crippen LogP contribution in [0.3, 0.4) is 0 Å². The van der Waals surface area contributed by atoms with Gasteiger partial charge < -0.3 is 19.3 Å². The Balaban J connectivity index is 1.42. The summed E-state index contributed by atoms with van der Waals surface area (Å²) < 4.78 is 17.7. The molecule has 0 saturated carbocycles. The van der Waals surface area contributed by atoms with Crippen molar-refractivity contribution >= 4 is 57.3 Å². The van der Waals surface area contributed by atoms with Crippen molar-refractivity contribution in [1.29, 1.82) is 0 Å². The number of aliphatic hydroxyl groups is 1. The third kappa shape index (κ3) is 5.62. The van der Waals surface area contributed by atoms with Crippen molar-refractivity contribution in [1.82, 2.24) is 10.2 Å². The van der Waals surface area contributed by atoms with E-state index in [1.807, 2.05) is 38.1 Å². The first kappa shape index (κ1) is 30.0. The lowest BCUT2D eigenvalue weighted by Crippen LogP contribution is -2.29. The molecule has 9 nitrogen and oxygen atoms in total. The van der Waals surface area contributed by atoms with Gasteiger partial charge >= 0.3 is 5.91 Å². The van der Waals surface area contributed by atoms with Gasteiger partial charge in [-0.3, -0.25) is 14.5 Å². The minimum Gasteiger partial charge on any atom is -0.507 e. The minimum atomic E-state index is -1.00. The largest absolute Gasteiger partial charge is 0.507 e. The van der Waals surface area contributed by atoms with E-state index in [-0.39, 0.29) is 22.6 Å². The maximum atomic E-state index is 13.7. The average Bonchev–Trinajstić information content (AvgIpc) is 3.71. The molecule has 4 aromatic rings. The highest BCUT2D eigenvalue weighted by Crippen LogP contribution is 2.46. The number of anilines is 1. The zero-order chi connectivity index (χ0) is 31.0. The fourth-order valence-corrected chi connectivity index (χ4v) is 7.47. The third-order valence-corrected chi connectivity index (χ3v) is 9.80. The number of aliphatic hydroxyl groups excluding tert-OH is 1. The van der Waals surface area contributed by atoms with Crippen LogP contribution < -0.4 is 19.1 Å². The number of thioether (sulfide) groups is 1. The van der Waals surface area contributed by atoms with Crippen LogP contribution >= 0.6 is 34.7 Å². The Bertz CT molecular complexity index is 1790. The molecule has 3 heterocycles. The second kappa shape index (κ2) is 12.5. The molecule has 226 valence electrons. The molecule has 2 aliphatic rings. The van der Waals surface area contributed by atoms with E-state index in [0.29, 0.717) is 50.8 Å². The fraction of sp³-hybridized carbons (Fsp3) is 0.250. The van der Waals surface area contributed by atoms with Crippen molar-refractivity contribution in [3.63, 3.8) is 0 Å². The molecule has 12 heteroatoms. The first-order valence-corrected chi connectivity index (χ1v) is 16.1. The third-order valence-electron chi connectivity index (χ3n) is 7.33. The number of halogens is 1. The molecule has 1 aromatic heterocycles. The van der Waals surface area contributed by atoms with Gasteiger partial charge in [-0.1, -0.05) is 59.0 Å². The molecule has 1 saturated heterocycles. The number of ketones is 1. The Kier molecular flexibility index (Phi) is 8.53. The fourth-order valence-electron chi connectivity index (χ4n) is 5.31. The van der Waals surface area contributed by atoms with Gasteiger partial charge in [0, 0.05) is 22.8 Å². The molecule has 0 aliphatic carbocycles. The zero-order valence-corrected chi connectivity index (χ0v) is 26.5. The highest BCUT2D eigenvalue weighted by molar-refractivity contribution is 8.00. The predicted molar refractivity (Wildman–Crippen MR) is 170 cm³/mol. The number of rotatable bonds is 9. The van der Waals surface area contributed by atoms with Gasteiger partial charge in [0.25, 0.3) is 5.78 Å². The number of benzene rings is 3. The first-order valence-electron chi connectivity index (χ1n) is 13.9. The molecule has 2 unspecified atom stereocenters. The molecule has 2 atom stereocenters. The summed E-state index contributed by atoms with van der Waals surface area (Å²) in [4.78, 5) is 28.7. The lowest BCUT2D eigenvalue weighted by atomic mass is 9.94. The summed E-state index contributed by atoms with van der Waals surface area (Å²) in [5.41, 5.74) is 2.74. The second-order valence-corrected chi connectivity index (χ2v) is 12.8. The predicted octanol–water partition coefficient (Wildman–Crippen LogP) is 6.84. The summed E-state index contributed by atoms with van der Waals surface area (Å²) in [5, 5.41) is 21.1. The summed E-state index contributed by atoms with van der Waals surface area (Å²) in [7, 11) is 1.51. The van der Waals surface area contributed by atoms with Crippen molar-refractivity contribution in [2.24, 2.45) is 0 Å². The Morgan fingerprint density at radius 1 is 1.14 bits per heavy atom. The van der Waals surface area contributed by atoms with Gasteiger partial charge in [0.2, 0.25) is 5.13 Å². The van der Waals surface area contributed by atoms with Gasteiger partial charge in [-0.2, -0.15) is 0 Å². The zero-order valence-electron chi connectivity index (χ0n) is 24.1. The molecular weight excluding hydrogens is 622 g/mol. The van der Waals surface area contributed by atoms with Crippen LogP contribution in [0.1, 0.15) is 42.1 Å². The Hall–Kier alpha value is -4.06. The Morgan fingerprint density at radius 3 is 2.73 bits per heavy atom. The van der Waals surface area contributed by atoms with Gasteiger partial charge in [-0.25, -0.2) is 0 Å². The van der Waals surface area contributed by atoms with E-state index in [9.17, 15) is 14.7 Å². The number of fused-ring (bicyclic) bond motifs is 1. The van der Waals surface area contributed by atoms with E-state index >= 15 is 0 Å². The molecule has 44 heavy (non-hydrogen) atoms. The highest BCUT2D eigenvalue weighted by Gasteiger charge is 2.48. The number of carbonyl (C=O) groups excluding carboxylic acids is 2. The van der Waals surface area contributed by atoms with Crippen LogP contribution in [0.2, 0.25) is 5.02 Å². The number of hydrogen-bond acceptors (Lipinski definition) is 10. The minimum absolute atomic E-state index is 0.00619. The van der Waals surface area contributed by atoms with Gasteiger partial charge in [0.05, 0.1) is 25.3 Å². The van der Waals surface area contributed by atoms with Gasteiger partial charge in [-0.15, -0.1) is 10.2 Å². The number of Topliss-reactive ketones (excluding diaryl/α,β-unsaturated/α-hetero) is 1. The Morgan fingerprint density at radius 2 is 1.95 bits per heavy atom. The molecule has 0 spiro atoms. The summed E-state index contributed by atoms with van der Waals surface area (Å²) in [6.07, 6.45) is 0.677. The molecule has 3 aromatic carbocycles. The number of nitrogens with zero attached hydrogens (tertiary/aromatic N) is 3. The number of aromatic nitrogens is 2. The van der Waals surface area contributed by atoms with Crippen molar-refractivity contribution < 1.29 is 28.9 Å². The van der Waals surface area contributed by atoms with Crippen LogP contribution in [-0.4, -0.2) is 46.8 Å². The maximum Gasteiger partial charge on any atom is 0.301 e. The normalized spacial score (nSPS) is 18.8. The number of methoxy groups -OCH3 is 1. The van der Waals surface area contributed by atoms with Crippen LogP contribution in [0.15, 0.2) is 70.6 Å². The van der Waals surface area contributed by atoms with E-state index in [0.717, 1.165) is 16.9 Å². The highest BCUT2D eigenvalue weighted by atomic mass is 35.5. The number of carbonyl (C=O) groups is 2. The van der Waals surface area contributed by atoms with Crippen LogP contribution in [0.4, 0.5) is 5.13 Å². The summed E-state index contributed by atoms with van der Waals surface area (Å²) in [5.74, 6) is 0.284. The van der Waals surface area contributed by atoms with Crippen molar-refractivity contribution in [2.45, 2.75) is 42.5 Å². The van der Waals surface area contributed by atoms with Crippen molar-refractivity contribution in [3.05, 3.63) is 93.5 Å². The van der Waals surface area contributed by atoms with Crippen molar-refractivity contribution in [2.75, 3.05) is 18.6 Å². The van der Waals surface area contributed by atoms with Crippen LogP contribution in [0, 0.1) is 0 Å². The lowest BCUT2D eigenvalue weighted by Gasteiger charge is -2.23. The van der Waals surface area contributed by atoms with E-state index in [4.69, 9.17) is 25.8 Å². The van der Waals surface area contributed by atoms with Gasteiger partial charge in [-0.05, 0) is 66.9 Å².